The zero-order valence-electron chi connectivity index (χ0n) is 11.0. The van der Waals surface area contributed by atoms with E-state index in [9.17, 15) is 18.4 Å². The van der Waals surface area contributed by atoms with Gasteiger partial charge in [0.1, 0.15) is 11.6 Å². The summed E-state index contributed by atoms with van der Waals surface area (Å²) < 4.78 is 27.0. The lowest BCUT2D eigenvalue weighted by Crippen LogP contribution is -2.47. The number of aryl methyl sites for hydroxylation is 1. The van der Waals surface area contributed by atoms with Crippen molar-refractivity contribution < 1.29 is 23.5 Å². The topological polar surface area (TPSA) is 66.4 Å². The molecule has 0 aromatic heterocycles. The number of carboxylic acids is 1. The van der Waals surface area contributed by atoms with Gasteiger partial charge in [0.25, 0.3) is 5.91 Å². The van der Waals surface area contributed by atoms with Crippen molar-refractivity contribution in [3.63, 3.8) is 0 Å². The Morgan fingerprint density at radius 3 is 2.45 bits per heavy atom. The molecule has 0 unspecified atom stereocenters. The molecular formula is C14H15F2NO3. The van der Waals surface area contributed by atoms with Gasteiger partial charge in [-0.05, 0) is 37.5 Å². The summed E-state index contributed by atoms with van der Waals surface area (Å²) in [5, 5.41) is 11.5. The lowest BCUT2D eigenvalue weighted by molar-refractivity contribution is -0.153. The standard InChI is InChI=1S/C14H15F2NO3/c1-8-5-11(16)9(6-10(8)15)12(18)17-7-14(13(19)20)3-2-4-14/h5-6H,2-4,7H2,1H3,(H,17,18)(H,19,20). The molecule has 20 heavy (non-hydrogen) atoms. The maximum atomic E-state index is 13.6. The number of hydrogen-bond donors (Lipinski definition) is 2. The first kappa shape index (κ1) is 14.4. The minimum atomic E-state index is -0.973. The Morgan fingerprint density at radius 1 is 1.30 bits per heavy atom. The molecule has 1 aromatic rings. The number of carboxylic acid groups (broad SMARTS) is 1. The maximum absolute atomic E-state index is 13.6. The van der Waals surface area contributed by atoms with E-state index in [0.717, 1.165) is 18.6 Å². The van der Waals surface area contributed by atoms with Gasteiger partial charge in [0.2, 0.25) is 0 Å². The third kappa shape index (κ3) is 2.50. The molecular weight excluding hydrogens is 268 g/mol. The van der Waals surface area contributed by atoms with E-state index >= 15 is 0 Å². The SMILES string of the molecule is Cc1cc(F)c(C(=O)NCC2(C(=O)O)CCC2)cc1F. The van der Waals surface area contributed by atoms with Crippen molar-refractivity contribution in [1.29, 1.82) is 0 Å². The van der Waals surface area contributed by atoms with Gasteiger partial charge in [-0.2, -0.15) is 0 Å². The zero-order valence-corrected chi connectivity index (χ0v) is 11.0. The number of nitrogens with one attached hydrogen (secondary N) is 1. The highest BCUT2D eigenvalue weighted by molar-refractivity contribution is 5.95. The second kappa shape index (κ2) is 5.19. The Bertz CT molecular complexity index is 568. The van der Waals surface area contributed by atoms with Crippen molar-refractivity contribution in [2.45, 2.75) is 26.2 Å². The van der Waals surface area contributed by atoms with Crippen molar-refractivity contribution in [3.8, 4) is 0 Å². The van der Waals surface area contributed by atoms with E-state index in [1.54, 1.807) is 0 Å². The molecule has 0 spiro atoms. The van der Waals surface area contributed by atoms with Crippen molar-refractivity contribution in [3.05, 3.63) is 34.9 Å². The number of carbonyl (C=O) groups is 2. The number of halogens is 2. The van der Waals surface area contributed by atoms with Gasteiger partial charge in [0.05, 0.1) is 11.0 Å². The first-order valence-corrected chi connectivity index (χ1v) is 6.33. The van der Waals surface area contributed by atoms with E-state index in [-0.39, 0.29) is 12.1 Å². The number of amides is 1. The Labute approximate surface area is 114 Å². The van der Waals surface area contributed by atoms with Gasteiger partial charge >= 0.3 is 5.97 Å². The second-order valence-electron chi connectivity index (χ2n) is 5.20. The maximum Gasteiger partial charge on any atom is 0.311 e. The molecule has 0 aliphatic heterocycles. The van der Waals surface area contributed by atoms with E-state index < -0.39 is 34.5 Å². The summed E-state index contributed by atoms with van der Waals surface area (Å²) in [6.45, 7) is 1.32. The summed E-state index contributed by atoms with van der Waals surface area (Å²) in [7, 11) is 0. The Balaban J connectivity index is 2.09. The summed E-state index contributed by atoms with van der Waals surface area (Å²) in [4.78, 5) is 23.0. The van der Waals surface area contributed by atoms with Gasteiger partial charge in [0.15, 0.2) is 0 Å². The third-order valence-corrected chi connectivity index (χ3v) is 3.84. The molecule has 1 aromatic carbocycles. The monoisotopic (exact) mass is 283 g/mol. The predicted octanol–water partition coefficient (Wildman–Crippen LogP) is 2.26. The predicted molar refractivity (Wildman–Crippen MR) is 67.3 cm³/mol. The molecule has 0 bridgehead atoms. The molecule has 2 rings (SSSR count). The second-order valence-corrected chi connectivity index (χ2v) is 5.20. The number of aliphatic carboxylic acids is 1. The molecule has 1 aliphatic rings. The summed E-state index contributed by atoms with van der Waals surface area (Å²) >= 11 is 0. The van der Waals surface area contributed by atoms with Crippen LogP contribution < -0.4 is 5.32 Å². The normalized spacial score (nSPS) is 16.4. The largest absolute Gasteiger partial charge is 0.481 e. The van der Waals surface area contributed by atoms with Gasteiger partial charge in [0, 0.05) is 6.54 Å². The van der Waals surface area contributed by atoms with E-state index in [2.05, 4.69) is 5.32 Å². The summed E-state index contributed by atoms with van der Waals surface area (Å²) in [5.41, 5.74) is -1.26. The fourth-order valence-corrected chi connectivity index (χ4v) is 2.23. The lowest BCUT2D eigenvalue weighted by atomic mass is 9.69. The van der Waals surface area contributed by atoms with E-state index in [0.29, 0.717) is 12.8 Å². The third-order valence-electron chi connectivity index (χ3n) is 3.84. The first-order valence-electron chi connectivity index (χ1n) is 6.33. The van der Waals surface area contributed by atoms with Crippen LogP contribution in [-0.4, -0.2) is 23.5 Å². The van der Waals surface area contributed by atoms with Gasteiger partial charge < -0.3 is 10.4 Å². The molecule has 1 fully saturated rings. The van der Waals surface area contributed by atoms with E-state index in [1.807, 2.05) is 0 Å². The van der Waals surface area contributed by atoms with E-state index in [4.69, 9.17) is 5.11 Å². The highest BCUT2D eigenvalue weighted by atomic mass is 19.1. The molecule has 0 radical (unpaired) electrons. The Hall–Kier alpha value is -1.98. The van der Waals surface area contributed by atoms with Crippen LogP contribution >= 0.6 is 0 Å². The van der Waals surface area contributed by atoms with Crippen molar-refractivity contribution in [2.75, 3.05) is 6.54 Å². The van der Waals surface area contributed by atoms with Crippen molar-refractivity contribution >= 4 is 11.9 Å². The van der Waals surface area contributed by atoms with Gasteiger partial charge in [-0.3, -0.25) is 9.59 Å². The highest BCUT2D eigenvalue weighted by Gasteiger charge is 2.44. The molecule has 1 saturated carbocycles. The number of benzene rings is 1. The lowest BCUT2D eigenvalue weighted by Gasteiger charge is -2.37. The van der Waals surface area contributed by atoms with Crippen LogP contribution in [0.5, 0.6) is 0 Å². The molecule has 2 N–H and O–H groups in total. The zero-order chi connectivity index (χ0) is 14.9. The molecule has 4 nitrogen and oxygen atoms in total. The smallest absolute Gasteiger partial charge is 0.311 e. The number of rotatable bonds is 4. The van der Waals surface area contributed by atoms with Crippen LogP contribution in [0.1, 0.15) is 35.2 Å². The highest BCUT2D eigenvalue weighted by Crippen LogP contribution is 2.40. The Kier molecular flexibility index (Phi) is 3.74. The van der Waals surface area contributed by atoms with Gasteiger partial charge in [-0.1, -0.05) is 6.42 Å². The fourth-order valence-electron chi connectivity index (χ4n) is 2.23. The summed E-state index contributed by atoms with van der Waals surface area (Å²) in [6.07, 6.45) is 1.75. The number of carbonyl (C=O) groups excluding carboxylic acids is 1. The summed E-state index contributed by atoms with van der Waals surface area (Å²) in [5.74, 6) is -3.26. The molecule has 1 aliphatic carbocycles. The summed E-state index contributed by atoms with van der Waals surface area (Å²) in [6, 6.07) is 1.77. The van der Waals surface area contributed by atoms with Gasteiger partial charge in [-0.25, -0.2) is 8.78 Å². The molecule has 0 saturated heterocycles. The van der Waals surface area contributed by atoms with Crippen molar-refractivity contribution in [2.24, 2.45) is 5.41 Å². The van der Waals surface area contributed by atoms with Crippen LogP contribution in [0.3, 0.4) is 0 Å². The number of hydrogen-bond acceptors (Lipinski definition) is 2. The Morgan fingerprint density at radius 2 is 1.95 bits per heavy atom. The molecule has 108 valence electrons. The minimum absolute atomic E-state index is 0.0733. The van der Waals surface area contributed by atoms with E-state index in [1.165, 1.54) is 6.92 Å². The minimum Gasteiger partial charge on any atom is -0.481 e. The van der Waals surface area contributed by atoms with Crippen LogP contribution in [0.2, 0.25) is 0 Å². The van der Waals surface area contributed by atoms with Crippen LogP contribution in [-0.2, 0) is 4.79 Å². The average Bonchev–Trinajstić information content (AvgIpc) is 2.31. The quantitative estimate of drug-likeness (QED) is 0.890. The fraction of sp³-hybridized carbons (Fsp3) is 0.429. The van der Waals surface area contributed by atoms with Crippen LogP contribution in [0.4, 0.5) is 8.78 Å². The van der Waals surface area contributed by atoms with Crippen LogP contribution in [0, 0.1) is 24.0 Å². The molecule has 0 atom stereocenters. The van der Waals surface area contributed by atoms with Crippen LogP contribution in [0.15, 0.2) is 12.1 Å². The first-order chi connectivity index (χ1) is 9.35. The molecule has 1 amide bonds. The van der Waals surface area contributed by atoms with Crippen molar-refractivity contribution in [1.82, 2.24) is 5.32 Å². The van der Waals surface area contributed by atoms with Crippen LogP contribution in [0.25, 0.3) is 0 Å². The molecule has 0 heterocycles. The average molecular weight is 283 g/mol. The molecule has 6 heteroatoms. The van der Waals surface area contributed by atoms with Gasteiger partial charge in [-0.15, -0.1) is 0 Å².